The summed E-state index contributed by atoms with van der Waals surface area (Å²) in [6, 6.07) is 14.9. The third kappa shape index (κ3) is 3.27. The van der Waals surface area contributed by atoms with Gasteiger partial charge in [-0.3, -0.25) is 0 Å². The summed E-state index contributed by atoms with van der Waals surface area (Å²) < 4.78 is 5.87. The fourth-order valence-electron chi connectivity index (χ4n) is 2.81. The first-order valence-corrected chi connectivity index (χ1v) is 7.99. The summed E-state index contributed by atoms with van der Waals surface area (Å²) in [5.41, 5.74) is 3.38. The topological polar surface area (TPSA) is 25.2 Å². The minimum Gasteiger partial charge on any atom is -0.456 e. The zero-order valence-corrected chi connectivity index (χ0v) is 12.7. The summed E-state index contributed by atoms with van der Waals surface area (Å²) in [5, 5.41) is 5.92. The lowest BCUT2D eigenvalue weighted by Crippen LogP contribution is -2.15. The molecule has 1 heterocycles. The number of aryl methyl sites for hydroxylation is 1. The Labute approximate surface area is 126 Å². The quantitative estimate of drug-likeness (QED) is 0.623. The summed E-state index contributed by atoms with van der Waals surface area (Å²) in [7, 11) is 0. The lowest BCUT2D eigenvalue weighted by atomic mass is 10.0. The van der Waals surface area contributed by atoms with E-state index in [9.17, 15) is 0 Å². The molecule has 21 heavy (non-hydrogen) atoms. The van der Waals surface area contributed by atoms with Gasteiger partial charge in [0.25, 0.3) is 0 Å². The molecule has 0 aliphatic heterocycles. The molecule has 0 saturated carbocycles. The van der Waals surface area contributed by atoms with Crippen LogP contribution >= 0.6 is 0 Å². The predicted molar refractivity (Wildman–Crippen MR) is 89.8 cm³/mol. The molecule has 2 heteroatoms. The van der Waals surface area contributed by atoms with Crippen molar-refractivity contribution in [1.82, 2.24) is 5.32 Å². The summed E-state index contributed by atoms with van der Waals surface area (Å²) in [6.07, 6.45) is 4.83. The van der Waals surface area contributed by atoms with Crippen LogP contribution in [0.4, 0.5) is 0 Å². The standard InChI is InChI=1S/C19H23NO/c1-2-12-20-13-6-5-7-15-10-11-19-17(14-15)16-8-3-4-9-18(16)21-19/h3-4,8-11,14,20H,2,5-7,12-13H2,1H3. The molecule has 1 aromatic heterocycles. The maximum absolute atomic E-state index is 5.87. The van der Waals surface area contributed by atoms with Gasteiger partial charge in [0.05, 0.1) is 0 Å². The second-order valence-electron chi connectivity index (χ2n) is 5.64. The Morgan fingerprint density at radius 3 is 2.67 bits per heavy atom. The number of nitrogens with one attached hydrogen (secondary N) is 1. The fraction of sp³-hybridized carbons (Fsp3) is 0.368. The maximum atomic E-state index is 5.87. The van der Waals surface area contributed by atoms with E-state index in [0.717, 1.165) is 30.7 Å². The highest BCUT2D eigenvalue weighted by atomic mass is 16.3. The number of benzene rings is 2. The first-order chi connectivity index (χ1) is 10.4. The van der Waals surface area contributed by atoms with Gasteiger partial charge in [0.1, 0.15) is 11.2 Å². The van der Waals surface area contributed by atoms with Crippen LogP contribution in [0.25, 0.3) is 21.9 Å². The minimum absolute atomic E-state index is 0.980. The molecule has 0 spiro atoms. The van der Waals surface area contributed by atoms with Gasteiger partial charge in [-0.15, -0.1) is 0 Å². The van der Waals surface area contributed by atoms with Gasteiger partial charge in [0.15, 0.2) is 0 Å². The van der Waals surface area contributed by atoms with Crippen molar-refractivity contribution in [3.8, 4) is 0 Å². The van der Waals surface area contributed by atoms with Crippen LogP contribution in [0.15, 0.2) is 46.9 Å². The molecular formula is C19H23NO. The molecule has 3 aromatic rings. The van der Waals surface area contributed by atoms with Gasteiger partial charge in [-0.2, -0.15) is 0 Å². The minimum atomic E-state index is 0.980. The van der Waals surface area contributed by atoms with Gasteiger partial charge in [0.2, 0.25) is 0 Å². The second-order valence-corrected chi connectivity index (χ2v) is 5.64. The molecule has 1 N–H and O–H groups in total. The molecular weight excluding hydrogens is 258 g/mol. The molecule has 0 radical (unpaired) electrons. The molecule has 2 aromatic carbocycles. The smallest absolute Gasteiger partial charge is 0.135 e. The number of rotatable bonds is 7. The van der Waals surface area contributed by atoms with Crippen LogP contribution in [0, 0.1) is 0 Å². The molecule has 0 unspecified atom stereocenters. The van der Waals surface area contributed by atoms with Gasteiger partial charge in [0, 0.05) is 10.8 Å². The monoisotopic (exact) mass is 281 g/mol. The zero-order chi connectivity index (χ0) is 14.5. The van der Waals surface area contributed by atoms with E-state index < -0.39 is 0 Å². The molecule has 0 bridgehead atoms. The molecule has 0 saturated heterocycles. The predicted octanol–water partition coefficient (Wildman–Crippen LogP) is 4.91. The average molecular weight is 281 g/mol. The van der Waals surface area contributed by atoms with Gasteiger partial charge >= 0.3 is 0 Å². The van der Waals surface area contributed by atoms with Crippen LogP contribution in [0.2, 0.25) is 0 Å². The van der Waals surface area contributed by atoms with Crippen LogP contribution in [-0.4, -0.2) is 13.1 Å². The SMILES string of the molecule is CCCNCCCCc1ccc2oc3ccccc3c2c1. The molecule has 0 aliphatic carbocycles. The third-order valence-corrected chi connectivity index (χ3v) is 3.94. The van der Waals surface area contributed by atoms with Crippen LogP contribution < -0.4 is 5.32 Å². The highest BCUT2D eigenvalue weighted by Gasteiger charge is 2.06. The Hall–Kier alpha value is -1.80. The molecule has 0 amide bonds. The molecule has 2 nitrogen and oxygen atoms in total. The number of furan rings is 1. The number of unbranched alkanes of at least 4 members (excludes halogenated alkanes) is 1. The Morgan fingerprint density at radius 1 is 0.905 bits per heavy atom. The number of fused-ring (bicyclic) bond motifs is 3. The summed E-state index contributed by atoms with van der Waals surface area (Å²) in [4.78, 5) is 0. The fourth-order valence-corrected chi connectivity index (χ4v) is 2.81. The molecule has 3 rings (SSSR count). The molecule has 110 valence electrons. The zero-order valence-electron chi connectivity index (χ0n) is 12.7. The lowest BCUT2D eigenvalue weighted by molar-refractivity contribution is 0.617. The Morgan fingerprint density at radius 2 is 1.76 bits per heavy atom. The van der Waals surface area contributed by atoms with Crippen molar-refractivity contribution in [2.75, 3.05) is 13.1 Å². The second kappa shape index (κ2) is 6.77. The lowest BCUT2D eigenvalue weighted by Gasteiger charge is -2.03. The Balaban J connectivity index is 1.68. The normalized spacial score (nSPS) is 11.5. The third-order valence-electron chi connectivity index (χ3n) is 3.94. The van der Waals surface area contributed by atoms with E-state index in [-0.39, 0.29) is 0 Å². The van der Waals surface area contributed by atoms with Crippen molar-refractivity contribution in [2.45, 2.75) is 32.6 Å². The first kappa shape index (κ1) is 14.2. The van der Waals surface area contributed by atoms with Crippen LogP contribution in [0.3, 0.4) is 0 Å². The molecule has 0 fully saturated rings. The van der Waals surface area contributed by atoms with E-state index in [2.05, 4.69) is 42.6 Å². The van der Waals surface area contributed by atoms with Crippen molar-refractivity contribution in [2.24, 2.45) is 0 Å². The molecule has 0 atom stereocenters. The average Bonchev–Trinajstić information content (AvgIpc) is 2.89. The van der Waals surface area contributed by atoms with Crippen molar-refractivity contribution in [3.63, 3.8) is 0 Å². The number of hydrogen-bond acceptors (Lipinski definition) is 2. The molecule has 0 aliphatic rings. The van der Waals surface area contributed by atoms with Gasteiger partial charge in [-0.25, -0.2) is 0 Å². The maximum Gasteiger partial charge on any atom is 0.135 e. The van der Waals surface area contributed by atoms with Gasteiger partial charge < -0.3 is 9.73 Å². The van der Waals surface area contributed by atoms with E-state index in [4.69, 9.17) is 4.42 Å². The van der Waals surface area contributed by atoms with Crippen molar-refractivity contribution in [3.05, 3.63) is 48.0 Å². The summed E-state index contributed by atoms with van der Waals surface area (Å²) >= 11 is 0. The largest absolute Gasteiger partial charge is 0.456 e. The van der Waals surface area contributed by atoms with Crippen molar-refractivity contribution >= 4 is 21.9 Å². The highest BCUT2D eigenvalue weighted by Crippen LogP contribution is 2.29. The van der Waals surface area contributed by atoms with Crippen LogP contribution in [0.1, 0.15) is 31.7 Å². The van der Waals surface area contributed by atoms with Gasteiger partial charge in [-0.1, -0.05) is 31.2 Å². The van der Waals surface area contributed by atoms with Gasteiger partial charge in [-0.05, 0) is 62.5 Å². The highest BCUT2D eigenvalue weighted by molar-refractivity contribution is 6.04. The van der Waals surface area contributed by atoms with Crippen molar-refractivity contribution in [1.29, 1.82) is 0 Å². The Bertz CT molecular complexity index is 714. The van der Waals surface area contributed by atoms with Crippen LogP contribution in [-0.2, 0) is 6.42 Å². The van der Waals surface area contributed by atoms with Crippen LogP contribution in [0.5, 0.6) is 0 Å². The van der Waals surface area contributed by atoms with E-state index in [1.807, 2.05) is 12.1 Å². The number of hydrogen-bond donors (Lipinski definition) is 1. The Kier molecular flexibility index (Phi) is 4.56. The van der Waals surface area contributed by atoms with E-state index in [1.54, 1.807) is 0 Å². The van der Waals surface area contributed by atoms with E-state index in [1.165, 1.54) is 35.6 Å². The first-order valence-electron chi connectivity index (χ1n) is 7.99. The summed E-state index contributed by atoms with van der Waals surface area (Å²) in [6.45, 7) is 4.47. The summed E-state index contributed by atoms with van der Waals surface area (Å²) in [5.74, 6) is 0. The van der Waals surface area contributed by atoms with Crippen molar-refractivity contribution < 1.29 is 4.42 Å². The van der Waals surface area contributed by atoms with E-state index in [0.29, 0.717) is 0 Å². The number of para-hydroxylation sites is 1. The van der Waals surface area contributed by atoms with E-state index >= 15 is 0 Å².